The van der Waals surface area contributed by atoms with Crippen molar-refractivity contribution in [3.63, 3.8) is 0 Å². The molecule has 0 aromatic heterocycles. The lowest BCUT2D eigenvalue weighted by Crippen LogP contribution is -1.98. The highest BCUT2D eigenvalue weighted by Crippen LogP contribution is 2.36. The Morgan fingerprint density at radius 2 is 1.30 bits per heavy atom. The van der Waals surface area contributed by atoms with E-state index in [4.69, 9.17) is 14.9 Å². The fourth-order valence-electron chi connectivity index (χ4n) is 3.65. The zero-order valence-corrected chi connectivity index (χ0v) is 26.9. The lowest BCUT2D eigenvalue weighted by Gasteiger charge is -2.03. The summed E-state index contributed by atoms with van der Waals surface area (Å²) >= 11 is 0. The van der Waals surface area contributed by atoms with Crippen LogP contribution >= 0.6 is 7.82 Å². The summed E-state index contributed by atoms with van der Waals surface area (Å²) in [5.41, 5.74) is 1.66. The normalized spacial score (nSPS) is 14.4. The molecule has 3 N–H and O–H groups in total. The van der Waals surface area contributed by atoms with E-state index in [2.05, 4.69) is 67.3 Å². The molecular formula is C32H61O7P. The van der Waals surface area contributed by atoms with Gasteiger partial charge in [0.05, 0.1) is 13.2 Å². The Balaban J connectivity index is 0. The number of hydrogen-bond donors (Lipinski definition) is 3. The van der Waals surface area contributed by atoms with Crippen LogP contribution in [0.25, 0.3) is 0 Å². The topological polar surface area (TPSA) is 117 Å². The number of phosphoric ester groups is 1. The summed E-state index contributed by atoms with van der Waals surface area (Å²) in [6, 6.07) is 0. The van der Waals surface area contributed by atoms with E-state index in [0.29, 0.717) is 13.0 Å². The molecule has 1 rings (SSSR count). The molecule has 1 atom stereocenters. The van der Waals surface area contributed by atoms with Crippen molar-refractivity contribution in [1.29, 1.82) is 0 Å². The molecule has 0 aliphatic carbocycles. The monoisotopic (exact) mass is 588 g/mol. The van der Waals surface area contributed by atoms with Crippen LogP contribution in [0.2, 0.25) is 0 Å². The first-order chi connectivity index (χ1) is 19.2. The molecule has 7 nitrogen and oxygen atoms in total. The van der Waals surface area contributed by atoms with Gasteiger partial charge in [-0.25, -0.2) is 4.57 Å². The van der Waals surface area contributed by atoms with Crippen LogP contribution in [0.4, 0.5) is 0 Å². The molecule has 1 fully saturated rings. The quantitative estimate of drug-likeness (QED) is 0.0471. The van der Waals surface area contributed by atoms with Crippen LogP contribution in [-0.2, 0) is 18.6 Å². The van der Waals surface area contributed by atoms with Crippen LogP contribution in [0.3, 0.4) is 0 Å². The molecule has 1 aliphatic heterocycles. The SMILES string of the molecule is CC=C(CCCC)CCCC.CCCCC/C=C\C/C=C\CCCCCCCC(=O)O.O=P(O)(O)OCC1CO1. The fourth-order valence-corrected chi connectivity index (χ4v) is 4.01. The van der Waals surface area contributed by atoms with Crippen LogP contribution in [-0.4, -0.2) is 40.2 Å². The molecule has 1 heterocycles. The van der Waals surface area contributed by atoms with E-state index in [0.717, 1.165) is 25.7 Å². The average Bonchev–Trinajstić information content (AvgIpc) is 3.75. The second-order valence-electron chi connectivity index (χ2n) is 10.3. The fraction of sp³-hybridized carbons (Fsp3) is 0.781. The van der Waals surface area contributed by atoms with Gasteiger partial charge >= 0.3 is 13.8 Å². The summed E-state index contributed by atoms with van der Waals surface area (Å²) in [5.74, 6) is -0.671. The van der Waals surface area contributed by atoms with Crippen LogP contribution in [0.5, 0.6) is 0 Å². The third-order valence-electron chi connectivity index (χ3n) is 6.28. The first-order valence-corrected chi connectivity index (χ1v) is 17.2. The number of unbranched alkanes of at least 4 members (excludes halogenated alkanes) is 10. The Morgan fingerprint density at radius 3 is 1.75 bits per heavy atom. The van der Waals surface area contributed by atoms with E-state index in [9.17, 15) is 9.36 Å². The minimum absolute atomic E-state index is 0.00965. The molecule has 1 unspecified atom stereocenters. The molecular weight excluding hydrogens is 527 g/mol. The van der Waals surface area contributed by atoms with E-state index in [1.165, 1.54) is 83.5 Å². The highest BCUT2D eigenvalue weighted by atomic mass is 31.2. The number of allylic oxidation sites excluding steroid dienone is 6. The van der Waals surface area contributed by atoms with E-state index in [-0.39, 0.29) is 12.7 Å². The minimum Gasteiger partial charge on any atom is -0.481 e. The second kappa shape index (κ2) is 30.7. The Hall–Kier alpha value is -1.24. The standard InChI is InChI=1S/C18H32O2.C11H22.C3H7O5P/c1-2-3-4-5-6-7-8-9-10-11-12-13-14-15-16-17-18(19)20;1-4-7-9-11(6-3)10-8-5-2;4-9(5,6)8-2-3-1-7-3/h6-7,9-10H,2-5,8,11-17H2,1H3,(H,19,20);6H,4-5,7-10H2,1-3H3;3H,1-2H2,(H2,4,5,6)/b7-6-,10-9-;;. The van der Waals surface area contributed by atoms with Crippen LogP contribution in [0.15, 0.2) is 36.0 Å². The molecule has 0 aromatic carbocycles. The maximum Gasteiger partial charge on any atom is 0.469 e. The van der Waals surface area contributed by atoms with E-state index < -0.39 is 13.8 Å². The zero-order valence-electron chi connectivity index (χ0n) is 26.0. The lowest BCUT2D eigenvalue weighted by atomic mass is 10.0. The van der Waals surface area contributed by atoms with Crippen molar-refractivity contribution in [3.05, 3.63) is 36.0 Å². The maximum absolute atomic E-state index is 10.3. The highest BCUT2D eigenvalue weighted by molar-refractivity contribution is 7.46. The molecule has 8 heteroatoms. The third-order valence-corrected chi connectivity index (χ3v) is 6.77. The molecule has 1 aliphatic rings. The third kappa shape index (κ3) is 38.9. The number of carbonyl (C=O) groups is 1. The number of carboxylic acid groups (broad SMARTS) is 1. The van der Waals surface area contributed by atoms with Crippen molar-refractivity contribution in [2.24, 2.45) is 0 Å². The largest absolute Gasteiger partial charge is 0.481 e. The first kappa shape index (κ1) is 40.9. The predicted octanol–water partition coefficient (Wildman–Crippen LogP) is 9.69. The number of hydrogen-bond acceptors (Lipinski definition) is 4. The number of carboxylic acids is 1. The Morgan fingerprint density at radius 1 is 0.800 bits per heavy atom. The van der Waals surface area contributed by atoms with E-state index in [1.807, 2.05) is 0 Å². The second-order valence-corrected chi connectivity index (χ2v) is 11.5. The Kier molecular flexibility index (Phi) is 31.4. The molecule has 0 spiro atoms. The number of phosphoric acid groups is 1. The molecule has 236 valence electrons. The number of aliphatic carboxylic acids is 1. The molecule has 0 aromatic rings. The van der Waals surface area contributed by atoms with Gasteiger partial charge < -0.3 is 19.6 Å². The van der Waals surface area contributed by atoms with Gasteiger partial charge in [-0.2, -0.15) is 0 Å². The summed E-state index contributed by atoms with van der Waals surface area (Å²) in [6.07, 6.45) is 32.5. The van der Waals surface area contributed by atoms with Crippen molar-refractivity contribution in [2.75, 3.05) is 13.2 Å². The Bertz CT molecular complexity index is 683. The minimum atomic E-state index is -4.26. The first-order valence-electron chi connectivity index (χ1n) is 15.7. The molecule has 0 amide bonds. The van der Waals surface area contributed by atoms with Gasteiger partial charge in [0.1, 0.15) is 6.10 Å². The number of epoxide rings is 1. The Labute approximate surface area is 245 Å². The van der Waals surface area contributed by atoms with Gasteiger partial charge in [0.2, 0.25) is 0 Å². The summed E-state index contributed by atoms with van der Waals surface area (Å²) in [5, 5.41) is 8.50. The van der Waals surface area contributed by atoms with E-state index >= 15 is 0 Å². The van der Waals surface area contributed by atoms with Crippen LogP contribution < -0.4 is 0 Å². The van der Waals surface area contributed by atoms with Gasteiger partial charge in [-0.05, 0) is 71.1 Å². The maximum atomic E-state index is 10.3. The van der Waals surface area contributed by atoms with Gasteiger partial charge in [-0.1, -0.05) is 102 Å². The van der Waals surface area contributed by atoms with Crippen LogP contribution in [0.1, 0.15) is 143 Å². The smallest absolute Gasteiger partial charge is 0.469 e. The van der Waals surface area contributed by atoms with Gasteiger partial charge in [0.15, 0.2) is 0 Å². The van der Waals surface area contributed by atoms with E-state index in [1.54, 1.807) is 5.57 Å². The molecule has 1 saturated heterocycles. The summed E-state index contributed by atoms with van der Waals surface area (Å²) in [6.45, 7) is 9.45. The number of rotatable bonds is 23. The lowest BCUT2D eigenvalue weighted by molar-refractivity contribution is -0.137. The van der Waals surface area contributed by atoms with Gasteiger partial charge in [-0.15, -0.1) is 0 Å². The molecule has 40 heavy (non-hydrogen) atoms. The number of ether oxygens (including phenoxy) is 1. The average molecular weight is 589 g/mol. The summed E-state index contributed by atoms with van der Waals surface area (Å²) in [7, 11) is -4.26. The molecule has 0 saturated carbocycles. The predicted molar refractivity (Wildman–Crippen MR) is 168 cm³/mol. The zero-order chi connectivity index (χ0) is 30.3. The molecule has 0 radical (unpaired) electrons. The molecule has 0 bridgehead atoms. The van der Waals surface area contributed by atoms with Gasteiger partial charge in [0.25, 0.3) is 0 Å². The van der Waals surface area contributed by atoms with Crippen molar-refractivity contribution in [1.82, 2.24) is 0 Å². The van der Waals surface area contributed by atoms with Crippen molar-refractivity contribution >= 4 is 13.8 Å². The van der Waals surface area contributed by atoms with Crippen molar-refractivity contribution < 1.29 is 33.5 Å². The van der Waals surface area contributed by atoms with Gasteiger partial charge in [0, 0.05) is 6.42 Å². The summed E-state index contributed by atoms with van der Waals surface area (Å²) < 4.78 is 18.7. The van der Waals surface area contributed by atoms with Gasteiger partial charge in [-0.3, -0.25) is 9.32 Å². The van der Waals surface area contributed by atoms with Crippen molar-refractivity contribution in [2.45, 2.75) is 149 Å². The van der Waals surface area contributed by atoms with Crippen LogP contribution in [0, 0.1) is 0 Å². The van der Waals surface area contributed by atoms with Crippen molar-refractivity contribution in [3.8, 4) is 0 Å². The summed E-state index contributed by atoms with van der Waals surface area (Å²) in [4.78, 5) is 26.6. The highest BCUT2D eigenvalue weighted by Gasteiger charge is 2.26.